The van der Waals surface area contributed by atoms with Gasteiger partial charge in [0.25, 0.3) is 5.91 Å². The summed E-state index contributed by atoms with van der Waals surface area (Å²) in [6.07, 6.45) is 3.29. The number of hydrogen-bond donors (Lipinski definition) is 1. The Morgan fingerprint density at radius 1 is 1.50 bits per heavy atom. The Labute approximate surface area is 129 Å². The van der Waals surface area contributed by atoms with Gasteiger partial charge >= 0.3 is 0 Å². The summed E-state index contributed by atoms with van der Waals surface area (Å²) in [5.41, 5.74) is 1.78. The molecule has 0 saturated heterocycles. The van der Waals surface area contributed by atoms with E-state index in [1.165, 1.54) is 0 Å². The number of nitrogens with zero attached hydrogens (tertiary/aromatic N) is 1. The van der Waals surface area contributed by atoms with Gasteiger partial charge in [0.1, 0.15) is 23.5 Å². The first-order chi connectivity index (χ1) is 10.7. The largest absolute Gasteiger partial charge is 0.485 e. The number of nitrogens with one attached hydrogen (secondary N) is 1. The van der Waals surface area contributed by atoms with Gasteiger partial charge in [-0.2, -0.15) is 5.26 Å². The number of carbonyl (C=O) groups is 1. The van der Waals surface area contributed by atoms with Crippen molar-refractivity contribution in [1.82, 2.24) is 5.32 Å². The lowest BCUT2D eigenvalue weighted by molar-refractivity contribution is -0.117. The van der Waals surface area contributed by atoms with Crippen LogP contribution in [0.2, 0.25) is 0 Å². The van der Waals surface area contributed by atoms with Crippen molar-refractivity contribution >= 4 is 12.0 Å². The molecule has 1 aromatic carbocycles. The predicted molar refractivity (Wildman–Crippen MR) is 83.1 cm³/mol. The highest BCUT2D eigenvalue weighted by atomic mass is 16.5. The Hall–Kier alpha value is -2.58. The second-order valence-electron chi connectivity index (χ2n) is 4.86. The molecule has 1 heterocycles. The van der Waals surface area contributed by atoms with Gasteiger partial charge in [-0.05, 0) is 30.7 Å². The Balaban J connectivity index is 2.21. The standard InChI is InChI=1S/C17H18N2O3/c1-12-14(9-13-5-3-4-6-16(13)22-12)10-15(11-18)17(20)19-7-8-21-2/h3-6,9-10,12H,7-8H2,1-2H3,(H,19,20)/b15-10+. The van der Waals surface area contributed by atoms with E-state index in [4.69, 9.17) is 9.47 Å². The third kappa shape index (κ3) is 3.74. The molecule has 1 atom stereocenters. The number of carbonyl (C=O) groups excluding carboxylic acids is 1. The number of fused-ring (bicyclic) bond motifs is 1. The van der Waals surface area contributed by atoms with Crippen molar-refractivity contribution < 1.29 is 14.3 Å². The molecule has 0 saturated carbocycles. The van der Waals surface area contributed by atoms with Crippen LogP contribution in [0.1, 0.15) is 12.5 Å². The van der Waals surface area contributed by atoms with Crippen molar-refractivity contribution in [1.29, 1.82) is 5.26 Å². The Morgan fingerprint density at radius 2 is 2.27 bits per heavy atom. The SMILES string of the molecule is COCCNC(=O)/C(C#N)=C/C1=Cc2ccccc2OC1C. The van der Waals surface area contributed by atoms with Crippen molar-refractivity contribution in [2.24, 2.45) is 0 Å². The number of amides is 1. The molecule has 0 radical (unpaired) electrons. The van der Waals surface area contributed by atoms with Gasteiger partial charge in [-0.3, -0.25) is 4.79 Å². The zero-order valence-electron chi connectivity index (χ0n) is 12.6. The molecule has 1 amide bonds. The molecule has 22 heavy (non-hydrogen) atoms. The van der Waals surface area contributed by atoms with Gasteiger partial charge < -0.3 is 14.8 Å². The zero-order chi connectivity index (χ0) is 15.9. The molecule has 0 aliphatic carbocycles. The maximum Gasteiger partial charge on any atom is 0.262 e. The second-order valence-corrected chi connectivity index (χ2v) is 4.86. The maximum atomic E-state index is 11.9. The fraction of sp³-hybridized carbons (Fsp3) is 0.294. The van der Waals surface area contributed by atoms with E-state index in [1.54, 1.807) is 13.2 Å². The second kappa shape index (κ2) is 7.43. The number of nitriles is 1. The number of rotatable bonds is 5. The maximum absolute atomic E-state index is 11.9. The predicted octanol–water partition coefficient (Wildman–Crippen LogP) is 2.06. The van der Waals surface area contributed by atoms with Crippen molar-refractivity contribution in [3.05, 3.63) is 47.1 Å². The highest BCUT2D eigenvalue weighted by Gasteiger charge is 2.19. The number of methoxy groups -OCH3 is 1. The summed E-state index contributed by atoms with van der Waals surface area (Å²) in [7, 11) is 1.55. The molecule has 0 bridgehead atoms. The molecular formula is C17H18N2O3. The molecule has 5 nitrogen and oxygen atoms in total. The van der Waals surface area contributed by atoms with Gasteiger partial charge in [0.05, 0.1) is 6.61 Å². The van der Waals surface area contributed by atoms with E-state index in [0.717, 1.165) is 16.9 Å². The van der Waals surface area contributed by atoms with Crippen LogP contribution in [0.25, 0.3) is 6.08 Å². The highest BCUT2D eigenvalue weighted by Crippen LogP contribution is 2.30. The van der Waals surface area contributed by atoms with Crippen molar-refractivity contribution in [2.45, 2.75) is 13.0 Å². The number of benzene rings is 1. The van der Waals surface area contributed by atoms with Crippen LogP contribution >= 0.6 is 0 Å². The minimum atomic E-state index is -0.411. The Kier molecular flexibility index (Phi) is 5.34. The zero-order valence-corrected chi connectivity index (χ0v) is 12.6. The van der Waals surface area contributed by atoms with Gasteiger partial charge in [0.2, 0.25) is 0 Å². The van der Waals surface area contributed by atoms with Crippen LogP contribution in [0.5, 0.6) is 5.75 Å². The van der Waals surface area contributed by atoms with Crippen LogP contribution in [-0.4, -0.2) is 32.3 Å². The summed E-state index contributed by atoms with van der Waals surface area (Å²) in [4.78, 5) is 11.9. The topological polar surface area (TPSA) is 71.3 Å². The minimum absolute atomic E-state index is 0.0529. The van der Waals surface area contributed by atoms with Gasteiger partial charge in [-0.25, -0.2) is 0 Å². The summed E-state index contributed by atoms with van der Waals surface area (Å²) in [5, 5.41) is 11.8. The van der Waals surface area contributed by atoms with Crippen LogP contribution in [0.4, 0.5) is 0 Å². The van der Waals surface area contributed by atoms with E-state index in [-0.39, 0.29) is 11.7 Å². The average molecular weight is 298 g/mol. The van der Waals surface area contributed by atoms with Crippen molar-refractivity contribution in [3.8, 4) is 11.8 Å². The van der Waals surface area contributed by atoms with Crippen LogP contribution < -0.4 is 10.1 Å². The number of hydrogen-bond acceptors (Lipinski definition) is 4. The highest BCUT2D eigenvalue weighted by molar-refractivity contribution is 5.98. The molecule has 5 heteroatoms. The first-order valence-electron chi connectivity index (χ1n) is 7.02. The normalized spacial score (nSPS) is 16.9. The molecule has 1 aromatic rings. The fourth-order valence-corrected chi connectivity index (χ4v) is 2.10. The molecule has 0 fully saturated rings. The van der Waals surface area contributed by atoms with Gasteiger partial charge in [-0.15, -0.1) is 0 Å². The Bertz CT molecular complexity index is 656. The summed E-state index contributed by atoms with van der Waals surface area (Å²) in [6, 6.07) is 9.58. The van der Waals surface area contributed by atoms with E-state index in [9.17, 15) is 10.1 Å². The molecule has 114 valence electrons. The molecule has 1 unspecified atom stereocenters. The van der Waals surface area contributed by atoms with E-state index in [1.807, 2.05) is 43.3 Å². The fourth-order valence-electron chi connectivity index (χ4n) is 2.10. The van der Waals surface area contributed by atoms with Gasteiger partial charge in [0, 0.05) is 19.2 Å². The number of ether oxygens (including phenoxy) is 2. The van der Waals surface area contributed by atoms with Crippen molar-refractivity contribution in [2.75, 3.05) is 20.3 Å². The van der Waals surface area contributed by atoms with Gasteiger partial charge in [-0.1, -0.05) is 18.2 Å². The molecule has 1 aliphatic rings. The molecule has 1 N–H and O–H groups in total. The minimum Gasteiger partial charge on any atom is -0.485 e. The first-order valence-corrected chi connectivity index (χ1v) is 7.02. The lowest BCUT2D eigenvalue weighted by Gasteiger charge is -2.22. The number of para-hydroxylation sites is 1. The average Bonchev–Trinajstić information content (AvgIpc) is 2.52. The Morgan fingerprint density at radius 3 is 3.00 bits per heavy atom. The summed E-state index contributed by atoms with van der Waals surface area (Å²) >= 11 is 0. The lowest BCUT2D eigenvalue weighted by Crippen LogP contribution is -2.28. The van der Waals surface area contributed by atoms with E-state index >= 15 is 0 Å². The van der Waals surface area contributed by atoms with E-state index in [2.05, 4.69) is 5.32 Å². The lowest BCUT2D eigenvalue weighted by atomic mass is 10.0. The summed E-state index contributed by atoms with van der Waals surface area (Å²) < 4.78 is 10.7. The quantitative estimate of drug-likeness (QED) is 0.513. The monoisotopic (exact) mass is 298 g/mol. The smallest absolute Gasteiger partial charge is 0.262 e. The summed E-state index contributed by atoms with van der Waals surface area (Å²) in [6.45, 7) is 2.65. The van der Waals surface area contributed by atoms with Crippen LogP contribution in [0.3, 0.4) is 0 Å². The van der Waals surface area contributed by atoms with Gasteiger partial charge in [0.15, 0.2) is 0 Å². The molecule has 1 aliphatic heterocycles. The molecule has 0 spiro atoms. The van der Waals surface area contributed by atoms with E-state index < -0.39 is 5.91 Å². The van der Waals surface area contributed by atoms with Crippen LogP contribution in [0, 0.1) is 11.3 Å². The molecular weight excluding hydrogens is 280 g/mol. The third-order valence-electron chi connectivity index (χ3n) is 3.28. The third-order valence-corrected chi connectivity index (χ3v) is 3.28. The first kappa shape index (κ1) is 15.8. The molecule has 2 rings (SSSR count). The van der Waals surface area contributed by atoms with Crippen molar-refractivity contribution in [3.63, 3.8) is 0 Å². The summed E-state index contributed by atoms with van der Waals surface area (Å²) in [5.74, 6) is 0.390. The van der Waals surface area contributed by atoms with Crippen LogP contribution in [-0.2, 0) is 9.53 Å². The van der Waals surface area contributed by atoms with Crippen LogP contribution in [0.15, 0.2) is 41.5 Å². The van der Waals surface area contributed by atoms with E-state index in [0.29, 0.717) is 13.2 Å². The molecule has 0 aromatic heterocycles.